The normalized spacial score (nSPS) is 24.7. The third-order valence-electron chi connectivity index (χ3n) is 1.62. The van der Waals surface area contributed by atoms with Crippen molar-refractivity contribution in [2.24, 2.45) is 0 Å². The highest BCUT2D eigenvalue weighted by atomic mass is 19.1. The number of ether oxygens (including phenoxy) is 1. The van der Waals surface area contributed by atoms with Crippen molar-refractivity contribution in [2.45, 2.75) is 19.3 Å². The van der Waals surface area contributed by atoms with Crippen LogP contribution in [0.1, 0.15) is 12.8 Å². The summed E-state index contributed by atoms with van der Waals surface area (Å²) in [7, 11) is 1.39. The molecule has 3 heteroatoms. The fraction of sp³-hybridized carbons (Fsp3) is 1.00. The molecule has 0 aromatic rings. The van der Waals surface area contributed by atoms with Crippen molar-refractivity contribution < 1.29 is 9.13 Å². The first-order valence-electron chi connectivity index (χ1n) is 3.25. The number of alkyl halides is 1. The van der Waals surface area contributed by atoms with Gasteiger partial charge in [0.1, 0.15) is 0 Å². The first-order chi connectivity index (χ1) is 4.34. The molecule has 54 valence electrons. The second kappa shape index (κ2) is 3.13. The smallest absolute Gasteiger partial charge is 0.257 e. The van der Waals surface area contributed by atoms with E-state index in [2.05, 4.69) is 4.74 Å². The van der Waals surface area contributed by atoms with Gasteiger partial charge in [-0.05, 0) is 12.8 Å². The van der Waals surface area contributed by atoms with Crippen LogP contribution in [0.2, 0.25) is 0 Å². The van der Waals surface area contributed by atoms with Crippen LogP contribution in [0.4, 0.5) is 4.39 Å². The van der Waals surface area contributed by atoms with E-state index >= 15 is 0 Å². The van der Waals surface area contributed by atoms with Gasteiger partial charge in [0.25, 0.3) is 6.48 Å². The zero-order valence-electron chi connectivity index (χ0n) is 5.64. The molecule has 1 atom stereocenters. The van der Waals surface area contributed by atoms with Gasteiger partial charge in [-0.2, -0.15) is 4.39 Å². The molecule has 1 rings (SSSR count). The van der Waals surface area contributed by atoms with Crippen LogP contribution in [0.3, 0.4) is 0 Å². The predicted octanol–water partition coefficient (Wildman–Crippen LogP) is 0.982. The number of nitrogens with zero attached hydrogens (tertiary/aromatic N) is 1. The van der Waals surface area contributed by atoms with Gasteiger partial charge < -0.3 is 4.74 Å². The standard InChI is InChI=1S/C6H12FNO/c1-9-6(7)8-4-2-3-5-8/h6H,2-5H2,1H3. The van der Waals surface area contributed by atoms with Crippen LogP contribution in [0.25, 0.3) is 0 Å². The Hall–Kier alpha value is -0.150. The van der Waals surface area contributed by atoms with E-state index < -0.39 is 6.48 Å². The Morgan fingerprint density at radius 3 is 2.44 bits per heavy atom. The maximum absolute atomic E-state index is 12.5. The average Bonchev–Trinajstić information content (AvgIpc) is 2.37. The topological polar surface area (TPSA) is 12.5 Å². The van der Waals surface area contributed by atoms with Crippen molar-refractivity contribution >= 4 is 0 Å². The minimum absolute atomic E-state index is 0.842. The number of rotatable bonds is 2. The molecule has 0 aromatic heterocycles. The molecule has 0 bridgehead atoms. The van der Waals surface area contributed by atoms with Crippen molar-refractivity contribution in [3.63, 3.8) is 0 Å². The van der Waals surface area contributed by atoms with Crippen LogP contribution in [0.5, 0.6) is 0 Å². The Labute approximate surface area is 54.6 Å². The van der Waals surface area contributed by atoms with Gasteiger partial charge in [-0.1, -0.05) is 0 Å². The monoisotopic (exact) mass is 133 g/mol. The fourth-order valence-electron chi connectivity index (χ4n) is 1.09. The summed E-state index contributed by atoms with van der Waals surface area (Å²) >= 11 is 0. The molecule has 1 aliphatic heterocycles. The number of methoxy groups -OCH3 is 1. The van der Waals surface area contributed by atoms with Crippen LogP contribution in [0, 0.1) is 0 Å². The summed E-state index contributed by atoms with van der Waals surface area (Å²) in [6.07, 6.45) is 2.20. The third kappa shape index (κ3) is 1.63. The minimum Gasteiger partial charge on any atom is -0.340 e. The summed E-state index contributed by atoms with van der Waals surface area (Å²) in [5.74, 6) is 0. The molecule has 1 fully saturated rings. The lowest BCUT2D eigenvalue weighted by atomic mass is 10.4. The van der Waals surface area contributed by atoms with Gasteiger partial charge in [-0.3, -0.25) is 4.90 Å². The number of likely N-dealkylation sites (tertiary alicyclic amines) is 1. The molecule has 2 nitrogen and oxygen atoms in total. The number of hydrogen-bond donors (Lipinski definition) is 0. The highest BCUT2D eigenvalue weighted by molar-refractivity contribution is 4.64. The van der Waals surface area contributed by atoms with E-state index in [4.69, 9.17) is 0 Å². The molecule has 0 spiro atoms. The molecular weight excluding hydrogens is 121 g/mol. The van der Waals surface area contributed by atoms with Gasteiger partial charge >= 0.3 is 0 Å². The van der Waals surface area contributed by atoms with Crippen molar-refractivity contribution in [1.82, 2.24) is 4.90 Å². The molecular formula is C6H12FNO. The highest BCUT2D eigenvalue weighted by Gasteiger charge is 2.19. The van der Waals surface area contributed by atoms with E-state index in [9.17, 15) is 4.39 Å². The van der Waals surface area contributed by atoms with Gasteiger partial charge in [0.15, 0.2) is 0 Å². The first-order valence-corrected chi connectivity index (χ1v) is 3.25. The zero-order valence-corrected chi connectivity index (χ0v) is 5.64. The lowest BCUT2D eigenvalue weighted by molar-refractivity contribution is -0.112. The predicted molar refractivity (Wildman–Crippen MR) is 32.7 cm³/mol. The maximum Gasteiger partial charge on any atom is 0.257 e. The summed E-state index contributed by atoms with van der Waals surface area (Å²) in [5, 5.41) is 0. The van der Waals surface area contributed by atoms with E-state index in [1.54, 1.807) is 4.90 Å². The van der Waals surface area contributed by atoms with E-state index in [0.29, 0.717) is 0 Å². The van der Waals surface area contributed by atoms with Crippen molar-refractivity contribution in [3.05, 3.63) is 0 Å². The molecule has 1 heterocycles. The molecule has 0 amide bonds. The number of hydrogen-bond acceptors (Lipinski definition) is 2. The van der Waals surface area contributed by atoms with E-state index in [0.717, 1.165) is 25.9 Å². The second-order valence-electron chi connectivity index (χ2n) is 2.27. The Kier molecular flexibility index (Phi) is 2.42. The molecule has 9 heavy (non-hydrogen) atoms. The van der Waals surface area contributed by atoms with Gasteiger partial charge in [-0.15, -0.1) is 0 Å². The quantitative estimate of drug-likeness (QED) is 0.521. The van der Waals surface area contributed by atoms with E-state index in [1.165, 1.54) is 7.11 Å². The van der Waals surface area contributed by atoms with Crippen molar-refractivity contribution in [2.75, 3.05) is 20.2 Å². The Morgan fingerprint density at radius 2 is 2.00 bits per heavy atom. The fourth-order valence-corrected chi connectivity index (χ4v) is 1.09. The Morgan fingerprint density at radius 1 is 1.44 bits per heavy atom. The van der Waals surface area contributed by atoms with Gasteiger partial charge in [0, 0.05) is 20.2 Å². The summed E-state index contributed by atoms with van der Waals surface area (Å²) in [4.78, 5) is 1.69. The van der Waals surface area contributed by atoms with Gasteiger partial charge in [0.2, 0.25) is 0 Å². The van der Waals surface area contributed by atoms with Crippen LogP contribution in [-0.2, 0) is 4.74 Å². The maximum atomic E-state index is 12.5. The van der Waals surface area contributed by atoms with Crippen LogP contribution < -0.4 is 0 Å². The van der Waals surface area contributed by atoms with Crippen LogP contribution >= 0.6 is 0 Å². The molecule has 1 saturated heterocycles. The SMILES string of the molecule is COC(F)N1CCCC1. The summed E-state index contributed by atoms with van der Waals surface area (Å²) in [6, 6.07) is 0. The number of halogens is 1. The van der Waals surface area contributed by atoms with E-state index in [-0.39, 0.29) is 0 Å². The summed E-state index contributed by atoms with van der Waals surface area (Å²) < 4.78 is 17.0. The van der Waals surface area contributed by atoms with Gasteiger partial charge in [0.05, 0.1) is 0 Å². The first kappa shape index (κ1) is 6.96. The Bertz CT molecular complexity index is 83.1. The molecule has 0 saturated carbocycles. The van der Waals surface area contributed by atoms with Crippen LogP contribution in [0.15, 0.2) is 0 Å². The molecule has 0 aromatic carbocycles. The highest BCUT2D eigenvalue weighted by Crippen LogP contribution is 2.12. The molecule has 1 unspecified atom stereocenters. The van der Waals surface area contributed by atoms with Crippen LogP contribution in [-0.4, -0.2) is 31.6 Å². The Balaban J connectivity index is 2.24. The lowest BCUT2D eigenvalue weighted by Crippen LogP contribution is -2.30. The molecule has 0 radical (unpaired) electrons. The summed E-state index contributed by atoms with van der Waals surface area (Å²) in [5.41, 5.74) is 0. The zero-order chi connectivity index (χ0) is 6.69. The van der Waals surface area contributed by atoms with Crippen molar-refractivity contribution in [1.29, 1.82) is 0 Å². The van der Waals surface area contributed by atoms with Crippen molar-refractivity contribution in [3.8, 4) is 0 Å². The molecule has 1 aliphatic rings. The summed E-state index contributed by atoms with van der Waals surface area (Å²) in [6.45, 7) is 0.511. The molecule has 0 N–H and O–H groups in total. The minimum atomic E-state index is -1.17. The molecule has 0 aliphatic carbocycles. The third-order valence-corrected chi connectivity index (χ3v) is 1.62. The van der Waals surface area contributed by atoms with E-state index in [1.807, 2.05) is 0 Å². The largest absolute Gasteiger partial charge is 0.340 e. The second-order valence-corrected chi connectivity index (χ2v) is 2.27. The average molecular weight is 133 g/mol. The van der Waals surface area contributed by atoms with Gasteiger partial charge in [-0.25, -0.2) is 0 Å². The lowest BCUT2D eigenvalue weighted by Gasteiger charge is -2.17.